The summed E-state index contributed by atoms with van der Waals surface area (Å²) >= 11 is 0. The molecule has 0 saturated carbocycles. The van der Waals surface area contributed by atoms with Crippen molar-refractivity contribution in [3.8, 4) is 0 Å². The lowest BCUT2D eigenvalue weighted by Crippen LogP contribution is -2.43. The Bertz CT molecular complexity index is 281. The minimum atomic E-state index is -0.366. The van der Waals surface area contributed by atoms with Gasteiger partial charge in [0.2, 0.25) is 0 Å². The second-order valence-electron chi connectivity index (χ2n) is 7.86. The highest BCUT2D eigenvalue weighted by molar-refractivity contribution is 4.79. The van der Waals surface area contributed by atoms with E-state index in [2.05, 4.69) is 34.3 Å². The topological polar surface area (TPSA) is 36.9 Å². The van der Waals surface area contributed by atoms with Crippen LogP contribution in [0.1, 0.15) is 75.7 Å². The first-order chi connectivity index (χ1) is 10.3. The predicted octanol–water partition coefficient (Wildman–Crippen LogP) is 5.52. The van der Waals surface area contributed by atoms with Crippen LogP contribution in [0.3, 0.4) is 0 Å². The number of hydrogen-bond acceptors (Lipinski definition) is 4. The van der Waals surface area contributed by atoms with Crippen LogP contribution in [0.2, 0.25) is 0 Å². The van der Waals surface area contributed by atoms with Crippen LogP contribution < -0.4 is 0 Å². The Kier molecular flexibility index (Phi) is 12.1. The molecular formula is C19H40O4. The third kappa shape index (κ3) is 17.8. The van der Waals surface area contributed by atoms with Crippen LogP contribution >= 0.6 is 0 Å². The molecule has 2 fully saturated rings. The van der Waals surface area contributed by atoms with Crippen molar-refractivity contribution >= 4 is 0 Å². The van der Waals surface area contributed by atoms with Crippen LogP contribution in [-0.4, -0.2) is 31.6 Å². The second kappa shape index (κ2) is 11.2. The predicted molar refractivity (Wildman–Crippen MR) is 97.3 cm³/mol. The lowest BCUT2D eigenvalue weighted by molar-refractivity contribution is -0.379. The molecule has 0 atom stereocenters. The average molecular weight is 333 g/mol. The van der Waals surface area contributed by atoms with Crippen molar-refractivity contribution in [1.29, 1.82) is 0 Å². The molecule has 4 heteroatoms. The first-order valence-electron chi connectivity index (χ1n) is 8.45. The number of ether oxygens (including phenoxy) is 4. The summed E-state index contributed by atoms with van der Waals surface area (Å²) in [5.74, 6) is -0.643. The van der Waals surface area contributed by atoms with E-state index in [9.17, 15) is 0 Å². The molecule has 4 nitrogen and oxygen atoms in total. The van der Waals surface area contributed by atoms with Gasteiger partial charge in [-0.3, -0.25) is 0 Å². The van der Waals surface area contributed by atoms with Gasteiger partial charge in [0.1, 0.15) is 0 Å². The molecule has 140 valence electrons. The van der Waals surface area contributed by atoms with Gasteiger partial charge in [-0.2, -0.15) is 0 Å². The summed E-state index contributed by atoms with van der Waals surface area (Å²) in [6.07, 6.45) is 1.25. The number of rotatable bonds is 0. The molecule has 0 aliphatic carbocycles. The van der Waals surface area contributed by atoms with Gasteiger partial charge in [-0.1, -0.05) is 39.7 Å². The van der Waals surface area contributed by atoms with Crippen LogP contribution in [0, 0.1) is 5.41 Å². The third-order valence-electron chi connectivity index (χ3n) is 2.43. The van der Waals surface area contributed by atoms with E-state index in [1.807, 2.05) is 41.5 Å². The van der Waals surface area contributed by atoms with Gasteiger partial charge in [0.15, 0.2) is 18.4 Å². The van der Waals surface area contributed by atoms with Crippen molar-refractivity contribution in [2.45, 2.75) is 87.2 Å². The molecule has 0 radical (unpaired) electrons. The maximum atomic E-state index is 5.46. The fraction of sp³-hybridized carbons (Fsp3) is 0.895. The van der Waals surface area contributed by atoms with Crippen LogP contribution in [0.25, 0.3) is 0 Å². The van der Waals surface area contributed by atoms with E-state index in [0.717, 1.165) is 13.2 Å². The summed E-state index contributed by atoms with van der Waals surface area (Å²) < 4.78 is 20.7. The molecule has 0 aromatic rings. The molecule has 2 aliphatic heterocycles. The second-order valence-corrected chi connectivity index (χ2v) is 7.86. The Balaban J connectivity index is 0. The van der Waals surface area contributed by atoms with Gasteiger partial charge in [-0.05, 0) is 41.5 Å². The highest BCUT2D eigenvalue weighted by Crippen LogP contribution is 2.28. The van der Waals surface area contributed by atoms with E-state index in [1.165, 1.54) is 12.0 Å². The SMILES string of the molecule is C=C(C)C.CC1(C)COC(C)(C)OC1.CC1(C)OCO1.CCC. The number of hydrogen-bond donors (Lipinski definition) is 0. The normalized spacial score (nSPS) is 22.5. The maximum Gasteiger partial charge on any atom is 0.168 e. The van der Waals surface area contributed by atoms with Crippen molar-refractivity contribution in [2.24, 2.45) is 5.41 Å². The zero-order valence-corrected chi connectivity index (χ0v) is 17.2. The molecule has 23 heavy (non-hydrogen) atoms. The van der Waals surface area contributed by atoms with Crippen LogP contribution in [-0.2, 0) is 18.9 Å². The Hall–Kier alpha value is -0.420. The largest absolute Gasteiger partial charge is 0.350 e. The minimum Gasteiger partial charge on any atom is -0.350 e. The van der Waals surface area contributed by atoms with E-state index < -0.39 is 0 Å². The summed E-state index contributed by atoms with van der Waals surface area (Å²) in [7, 11) is 0. The molecule has 0 amide bonds. The highest BCUT2D eigenvalue weighted by atomic mass is 16.9. The van der Waals surface area contributed by atoms with Gasteiger partial charge >= 0.3 is 0 Å². The summed E-state index contributed by atoms with van der Waals surface area (Å²) in [5, 5.41) is 0. The summed E-state index contributed by atoms with van der Waals surface area (Å²) in [6.45, 7) is 25.7. The van der Waals surface area contributed by atoms with E-state index in [4.69, 9.17) is 18.9 Å². The Morgan fingerprint density at radius 2 is 1.04 bits per heavy atom. The molecule has 0 aromatic heterocycles. The third-order valence-corrected chi connectivity index (χ3v) is 2.43. The maximum absolute atomic E-state index is 5.46. The Morgan fingerprint density at radius 3 is 1.17 bits per heavy atom. The van der Waals surface area contributed by atoms with Gasteiger partial charge in [-0.15, -0.1) is 6.58 Å². The lowest BCUT2D eigenvalue weighted by Gasteiger charge is -2.39. The van der Waals surface area contributed by atoms with Crippen LogP contribution in [0.15, 0.2) is 12.2 Å². The van der Waals surface area contributed by atoms with Crippen LogP contribution in [0.5, 0.6) is 0 Å². The zero-order chi connectivity index (χ0) is 18.7. The van der Waals surface area contributed by atoms with Crippen molar-refractivity contribution in [3.05, 3.63) is 12.2 Å². The minimum absolute atomic E-state index is 0.190. The molecule has 2 rings (SSSR count). The quantitative estimate of drug-likeness (QED) is 0.547. The molecule has 0 unspecified atom stereocenters. The highest BCUT2D eigenvalue weighted by Gasteiger charge is 2.32. The lowest BCUT2D eigenvalue weighted by atomic mass is 9.95. The average Bonchev–Trinajstić information content (AvgIpc) is 2.33. The summed E-state index contributed by atoms with van der Waals surface area (Å²) in [5.41, 5.74) is 1.36. The first kappa shape index (κ1) is 24.8. The molecular weight excluding hydrogens is 292 g/mol. The summed E-state index contributed by atoms with van der Waals surface area (Å²) in [6, 6.07) is 0. The molecule has 2 heterocycles. The van der Waals surface area contributed by atoms with Crippen molar-refractivity contribution in [1.82, 2.24) is 0 Å². The molecule has 0 N–H and O–H groups in total. The monoisotopic (exact) mass is 332 g/mol. The first-order valence-corrected chi connectivity index (χ1v) is 8.45. The van der Waals surface area contributed by atoms with Crippen LogP contribution in [0.4, 0.5) is 0 Å². The van der Waals surface area contributed by atoms with E-state index in [1.54, 1.807) is 0 Å². The van der Waals surface area contributed by atoms with Gasteiger partial charge < -0.3 is 18.9 Å². The smallest absolute Gasteiger partial charge is 0.168 e. The van der Waals surface area contributed by atoms with Crippen molar-refractivity contribution in [2.75, 3.05) is 20.0 Å². The fourth-order valence-electron chi connectivity index (χ4n) is 1.12. The standard InChI is InChI=1S/C8H16O2.C4H8O2.C4H8.C3H8/c1-7(2)5-9-8(3,4)10-6-7;1-4(2)5-3-6-4;1-4(2)3;1-3-2/h5-6H2,1-4H3;3H2,1-2H3;1H2,2-3H3;3H2,1-2H3. The van der Waals surface area contributed by atoms with E-state index >= 15 is 0 Å². The van der Waals surface area contributed by atoms with Gasteiger partial charge in [-0.25, -0.2) is 0 Å². The molecule has 2 aliphatic rings. The van der Waals surface area contributed by atoms with E-state index in [0.29, 0.717) is 6.79 Å². The van der Waals surface area contributed by atoms with Gasteiger partial charge in [0.05, 0.1) is 13.2 Å². The fourth-order valence-corrected chi connectivity index (χ4v) is 1.12. The van der Waals surface area contributed by atoms with Gasteiger partial charge in [0.25, 0.3) is 0 Å². The Labute approximate surface area is 144 Å². The van der Waals surface area contributed by atoms with Gasteiger partial charge in [0, 0.05) is 5.41 Å². The Morgan fingerprint density at radius 1 is 0.783 bits per heavy atom. The number of allylic oxidation sites excluding steroid dienone is 1. The van der Waals surface area contributed by atoms with Crippen molar-refractivity contribution < 1.29 is 18.9 Å². The molecule has 0 aromatic carbocycles. The van der Waals surface area contributed by atoms with E-state index in [-0.39, 0.29) is 17.0 Å². The van der Waals surface area contributed by atoms with Crippen molar-refractivity contribution in [3.63, 3.8) is 0 Å². The molecule has 2 saturated heterocycles. The summed E-state index contributed by atoms with van der Waals surface area (Å²) in [4.78, 5) is 0. The zero-order valence-electron chi connectivity index (χ0n) is 17.2. The molecule has 0 spiro atoms. The molecule has 0 bridgehead atoms.